The number of aryl methyl sites for hydroxylation is 1. The Balaban J connectivity index is 1.96. The summed E-state index contributed by atoms with van der Waals surface area (Å²) in [4.78, 5) is 13.6. The van der Waals surface area contributed by atoms with Crippen LogP contribution in [0, 0.1) is 0 Å². The van der Waals surface area contributed by atoms with Crippen molar-refractivity contribution in [1.82, 2.24) is 14.7 Å². The number of halogens is 1. The van der Waals surface area contributed by atoms with Gasteiger partial charge in [0.25, 0.3) is 0 Å². The van der Waals surface area contributed by atoms with Gasteiger partial charge in [-0.05, 0) is 30.3 Å². The first kappa shape index (κ1) is 13.4. The topological polar surface area (TPSA) is 50.2 Å². The molecule has 0 saturated heterocycles. The summed E-state index contributed by atoms with van der Waals surface area (Å²) in [5, 5.41) is 7.51. The molecule has 19 heavy (non-hydrogen) atoms. The highest BCUT2D eigenvalue weighted by Crippen LogP contribution is 2.14. The number of benzene rings is 1. The standard InChI is InChI=1S/C13H15ClN4O/c1-17(9-12-7-8-15-18(12)2)13(19)16-11-5-3-10(14)4-6-11/h3-8H,9H2,1-2H3,(H,16,19). The molecule has 1 heterocycles. The van der Waals surface area contributed by atoms with E-state index in [1.54, 1.807) is 47.1 Å². The van der Waals surface area contributed by atoms with Crippen LogP contribution in [0.25, 0.3) is 0 Å². The van der Waals surface area contributed by atoms with Gasteiger partial charge in [-0.1, -0.05) is 11.6 Å². The summed E-state index contributed by atoms with van der Waals surface area (Å²) < 4.78 is 1.74. The van der Waals surface area contributed by atoms with Gasteiger partial charge in [0.05, 0.1) is 12.2 Å². The van der Waals surface area contributed by atoms with E-state index in [-0.39, 0.29) is 6.03 Å². The van der Waals surface area contributed by atoms with E-state index in [4.69, 9.17) is 11.6 Å². The number of hydrogen-bond acceptors (Lipinski definition) is 2. The monoisotopic (exact) mass is 278 g/mol. The van der Waals surface area contributed by atoms with Crippen LogP contribution in [0.15, 0.2) is 36.5 Å². The van der Waals surface area contributed by atoms with Crippen molar-refractivity contribution in [2.45, 2.75) is 6.54 Å². The van der Waals surface area contributed by atoms with Gasteiger partial charge in [0.1, 0.15) is 0 Å². The van der Waals surface area contributed by atoms with Crippen molar-refractivity contribution in [1.29, 1.82) is 0 Å². The van der Waals surface area contributed by atoms with E-state index in [0.29, 0.717) is 17.3 Å². The molecule has 0 aliphatic rings. The molecule has 0 aliphatic carbocycles. The highest BCUT2D eigenvalue weighted by molar-refractivity contribution is 6.30. The number of nitrogens with zero attached hydrogens (tertiary/aromatic N) is 3. The lowest BCUT2D eigenvalue weighted by Crippen LogP contribution is -2.31. The maximum Gasteiger partial charge on any atom is 0.321 e. The SMILES string of the molecule is CN(Cc1ccnn1C)C(=O)Nc1ccc(Cl)cc1. The second-order valence-electron chi connectivity index (χ2n) is 4.24. The quantitative estimate of drug-likeness (QED) is 0.938. The van der Waals surface area contributed by atoms with Crippen LogP contribution in [0.1, 0.15) is 5.69 Å². The van der Waals surface area contributed by atoms with E-state index in [1.807, 2.05) is 13.1 Å². The molecule has 1 aromatic carbocycles. The van der Waals surface area contributed by atoms with Gasteiger partial charge in [-0.3, -0.25) is 4.68 Å². The Morgan fingerprint density at radius 1 is 1.37 bits per heavy atom. The van der Waals surface area contributed by atoms with Gasteiger partial charge in [0, 0.05) is 31.0 Å². The van der Waals surface area contributed by atoms with Crippen molar-refractivity contribution in [2.75, 3.05) is 12.4 Å². The Labute approximate surface area is 116 Å². The maximum atomic E-state index is 12.0. The molecule has 1 N–H and O–H groups in total. The number of hydrogen-bond donors (Lipinski definition) is 1. The van der Waals surface area contributed by atoms with E-state index in [9.17, 15) is 4.79 Å². The van der Waals surface area contributed by atoms with Crippen molar-refractivity contribution >= 4 is 23.3 Å². The van der Waals surface area contributed by atoms with Crippen molar-refractivity contribution in [3.63, 3.8) is 0 Å². The van der Waals surface area contributed by atoms with Gasteiger partial charge in [-0.2, -0.15) is 5.10 Å². The molecule has 0 fully saturated rings. The molecule has 0 bridgehead atoms. The molecule has 0 spiro atoms. The molecule has 5 nitrogen and oxygen atoms in total. The lowest BCUT2D eigenvalue weighted by molar-refractivity contribution is 0.219. The van der Waals surface area contributed by atoms with Gasteiger partial charge < -0.3 is 10.2 Å². The van der Waals surface area contributed by atoms with Crippen LogP contribution in [-0.2, 0) is 13.6 Å². The van der Waals surface area contributed by atoms with Gasteiger partial charge in [-0.25, -0.2) is 4.79 Å². The Kier molecular flexibility index (Phi) is 4.06. The Morgan fingerprint density at radius 3 is 2.63 bits per heavy atom. The average molecular weight is 279 g/mol. The summed E-state index contributed by atoms with van der Waals surface area (Å²) in [5.74, 6) is 0. The van der Waals surface area contributed by atoms with Crippen LogP contribution in [0.3, 0.4) is 0 Å². The molecule has 100 valence electrons. The van der Waals surface area contributed by atoms with Gasteiger partial charge in [-0.15, -0.1) is 0 Å². The molecule has 0 aliphatic heterocycles. The molecule has 6 heteroatoms. The lowest BCUT2D eigenvalue weighted by atomic mass is 10.3. The molecule has 0 unspecified atom stereocenters. The summed E-state index contributed by atoms with van der Waals surface area (Å²) in [5.41, 5.74) is 1.68. The third-order valence-corrected chi connectivity index (χ3v) is 3.02. The van der Waals surface area contributed by atoms with Gasteiger partial charge in [0.2, 0.25) is 0 Å². The fraction of sp³-hybridized carbons (Fsp3) is 0.231. The molecular weight excluding hydrogens is 264 g/mol. The molecule has 0 radical (unpaired) electrons. The van der Waals surface area contributed by atoms with Crippen LogP contribution in [-0.4, -0.2) is 27.8 Å². The van der Waals surface area contributed by atoms with Crippen molar-refractivity contribution in [3.05, 3.63) is 47.2 Å². The number of carbonyl (C=O) groups is 1. The number of nitrogens with one attached hydrogen (secondary N) is 1. The first-order valence-corrected chi connectivity index (χ1v) is 6.18. The summed E-state index contributed by atoms with van der Waals surface area (Å²) in [6.07, 6.45) is 1.71. The molecular formula is C13H15ClN4O. The van der Waals surface area contributed by atoms with Gasteiger partial charge >= 0.3 is 6.03 Å². The number of carbonyl (C=O) groups excluding carboxylic acids is 1. The number of rotatable bonds is 3. The number of amides is 2. The zero-order valence-corrected chi connectivity index (χ0v) is 11.6. The minimum atomic E-state index is -0.177. The summed E-state index contributed by atoms with van der Waals surface area (Å²) in [6.45, 7) is 0.496. The fourth-order valence-corrected chi connectivity index (χ4v) is 1.75. The third kappa shape index (κ3) is 3.48. The lowest BCUT2D eigenvalue weighted by Gasteiger charge is -2.18. The zero-order valence-electron chi connectivity index (χ0n) is 10.8. The van der Waals surface area contributed by atoms with Crippen molar-refractivity contribution < 1.29 is 4.79 Å². The molecule has 0 atom stereocenters. The fourth-order valence-electron chi connectivity index (χ4n) is 1.62. The van der Waals surface area contributed by atoms with Crippen LogP contribution in [0.5, 0.6) is 0 Å². The molecule has 1 aromatic heterocycles. The number of aromatic nitrogens is 2. The van der Waals surface area contributed by atoms with Crippen LogP contribution >= 0.6 is 11.6 Å². The minimum absolute atomic E-state index is 0.177. The molecule has 2 amide bonds. The van der Waals surface area contributed by atoms with Crippen LogP contribution in [0.2, 0.25) is 5.02 Å². The third-order valence-electron chi connectivity index (χ3n) is 2.76. The molecule has 2 aromatic rings. The number of urea groups is 1. The second kappa shape index (κ2) is 5.75. The highest BCUT2D eigenvalue weighted by atomic mass is 35.5. The average Bonchev–Trinajstić information content (AvgIpc) is 2.78. The largest absolute Gasteiger partial charge is 0.322 e. The zero-order chi connectivity index (χ0) is 13.8. The van der Waals surface area contributed by atoms with Crippen LogP contribution < -0.4 is 5.32 Å². The van der Waals surface area contributed by atoms with E-state index in [1.165, 1.54) is 0 Å². The second-order valence-corrected chi connectivity index (χ2v) is 4.68. The number of anilines is 1. The Hall–Kier alpha value is -2.01. The summed E-state index contributed by atoms with van der Waals surface area (Å²) in [7, 11) is 3.58. The maximum absolute atomic E-state index is 12.0. The van der Waals surface area contributed by atoms with Crippen molar-refractivity contribution in [2.24, 2.45) is 7.05 Å². The Bertz CT molecular complexity index is 564. The van der Waals surface area contributed by atoms with E-state index in [2.05, 4.69) is 10.4 Å². The summed E-state index contributed by atoms with van der Waals surface area (Å²) >= 11 is 5.79. The highest BCUT2D eigenvalue weighted by Gasteiger charge is 2.11. The van der Waals surface area contributed by atoms with Gasteiger partial charge in [0.15, 0.2) is 0 Å². The molecule has 2 rings (SSSR count). The van der Waals surface area contributed by atoms with Crippen molar-refractivity contribution in [3.8, 4) is 0 Å². The predicted molar refractivity (Wildman–Crippen MR) is 75.1 cm³/mol. The summed E-state index contributed by atoms with van der Waals surface area (Å²) in [6, 6.07) is 8.70. The predicted octanol–water partition coefficient (Wildman–Crippen LogP) is 2.74. The smallest absolute Gasteiger partial charge is 0.321 e. The minimum Gasteiger partial charge on any atom is -0.322 e. The first-order valence-electron chi connectivity index (χ1n) is 5.81. The Morgan fingerprint density at radius 2 is 2.05 bits per heavy atom. The van der Waals surface area contributed by atoms with E-state index >= 15 is 0 Å². The molecule has 0 saturated carbocycles. The van der Waals surface area contributed by atoms with E-state index in [0.717, 1.165) is 5.69 Å². The first-order chi connectivity index (χ1) is 9.06. The normalized spacial score (nSPS) is 10.3. The van der Waals surface area contributed by atoms with E-state index < -0.39 is 0 Å². The van der Waals surface area contributed by atoms with Crippen LogP contribution in [0.4, 0.5) is 10.5 Å².